The molecule has 0 atom stereocenters. The van der Waals surface area contributed by atoms with Crippen LogP contribution in [-0.4, -0.2) is 29.9 Å². The van der Waals surface area contributed by atoms with Gasteiger partial charge in [-0.2, -0.15) is 0 Å². The molecule has 6 nitrogen and oxygen atoms in total. The summed E-state index contributed by atoms with van der Waals surface area (Å²) in [6.45, 7) is 0. The number of benzene rings is 4. The summed E-state index contributed by atoms with van der Waals surface area (Å²) in [5.74, 6) is 0. The molecular formula is C56H40N6. The van der Waals surface area contributed by atoms with Gasteiger partial charge in [0.15, 0.2) is 0 Å². The summed E-state index contributed by atoms with van der Waals surface area (Å²) in [4.78, 5) is 29.3. The quantitative estimate of drug-likeness (QED) is 0.123. The summed E-state index contributed by atoms with van der Waals surface area (Å²) in [6, 6.07) is 57.6. The van der Waals surface area contributed by atoms with Crippen LogP contribution in [0.1, 0.15) is 45.6 Å². The second kappa shape index (κ2) is 19.1. The zero-order valence-corrected chi connectivity index (χ0v) is 33.8. The van der Waals surface area contributed by atoms with E-state index in [1.54, 1.807) is 0 Å². The predicted octanol–water partition coefficient (Wildman–Crippen LogP) is 13.4. The van der Waals surface area contributed by atoms with Crippen LogP contribution in [0.15, 0.2) is 195 Å². The molecule has 0 saturated carbocycles. The number of hydrogen-bond donors (Lipinski definition) is 0. The van der Waals surface area contributed by atoms with E-state index in [1.807, 2.05) is 170 Å². The molecule has 5 aromatic heterocycles. The monoisotopic (exact) mass is 796 g/mol. The highest BCUT2D eigenvalue weighted by Gasteiger charge is 2.10. The summed E-state index contributed by atoms with van der Waals surface area (Å²) in [5, 5.41) is 0. The number of nitrogens with zero attached hydrogens (tertiary/aromatic N) is 6. The van der Waals surface area contributed by atoms with Crippen LogP contribution >= 0.6 is 0 Å². The van der Waals surface area contributed by atoms with Crippen LogP contribution < -0.4 is 0 Å². The van der Waals surface area contributed by atoms with Crippen LogP contribution in [0.4, 0.5) is 0 Å². The first-order valence-electron chi connectivity index (χ1n) is 20.4. The Morgan fingerprint density at radius 2 is 0.452 bits per heavy atom. The SMILES string of the molecule is C(=Cc1nc(C=Cc2cc(-c3ccccc3)ccn2)c(C=Cc2cc(-c3ccccc3)ccn2)nc1C=Cc1cc(-c2ccccc2)ccn1)c1cc(-c2ccccc2)ccn1. The third-order valence-electron chi connectivity index (χ3n) is 10.2. The molecule has 0 N–H and O–H groups in total. The Morgan fingerprint density at radius 3 is 0.677 bits per heavy atom. The number of pyridine rings is 4. The molecule has 0 unspecified atom stereocenters. The lowest BCUT2D eigenvalue weighted by molar-refractivity contribution is 1.12. The van der Waals surface area contributed by atoms with Gasteiger partial charge in [0, 0.05) is 24.8 Å². The standard InChI is InChI=1S/C56H40N6/c1-5-13-41(14-6-1)45-29-33-57-49(37-45)21-25-53-54(26-22-50-38-46(30-34-58-50)42-15-7-2-8-16-42)62-56(28-24-52-40-48(32-36-60-52)44-19-11-4-12-20-44)55(61-53)27-23-51-39-47(31-35-59-51)43-17-9-3-10-18-43/h1-40H. The van der Waals surface area contributed by atoms with Crippen molar-refractivity contribution < 1.29 is 0 Å². The Hall–Kier alpha value is -8.48. The maximum atomic E-state index is 5.28. The second-order valence-corrected chi connectivity index (χ2v) is 14.4. The van der Waals surface area contributed by atoms with Gasteiger partial charge in [0.2, 0.25) is 0 Å². The van der Waals surface area contributed by atoms with E-state index >= 15 is 0 Å². The molecule has 4 aromatic carbocycles. The molecule has 0 aliphatic rings. The minimum absolute atomic E-state index is 0.666. The van der Waals surface area contributed by atoms with Crippen LogP contribution in [0.3, 0.4) is 0 Å². The van der Waals surface area contributed by atoms with Crippen molar-refractivity contribution in [3.05, 3.63) is 240 Å². The van der Waals surface area contributed by atoms with Crippen molar-refractivity contribution >= 4 is 48.6 Å². The summed E-state index contributed by atoms with van der Waals surface area (Å²) < 4.78 is 0. The van der Waals surface area contributed by atoms with Gasteiger partial charge < -0.3 is 0 Å². The van der Waals surface area contributed by atoms with Crippen LogP contribution in [0.2, 0.25) is 0 Å². The molecule has 9 rings (SSSR count). The highest BCUT2D eigenvalue weighted by molar-refractivity contribution is 5.82. The Kier molecular flexibility index (Phi) is 12.0. The zero-order valence-electron chi connectivity index (χ0n) is 33.8. The minimum atomic E-state index is 0.666. The summed E-state index contributed by atoms with van der Waals surface area (Å²) in [6.07, 6.45) is 23.2. The summed E-state index contributed by atoms with van der Waals surface area (Å²) >= 11 is 0. The van der Waals surface area contributed by atoms with E-state index in [-0.39, 0.29) is 0 Å². The molecule has 0 bridgehead atoms. The highest BCUT2D eigenvalue weighted by atomic mass is 14.8. The lowest BCUT2D eigenvalue weighted by atomic mass is 10.1. The Labute approximate surface area is 361 Å². The van der Waals surface area contributed by atoms with Gasteiger partial charge in [-0.1, -0.05) is 121 Å². The highest BCUT2D eigenvalue weighted by Crippen LogP contribution is 2.26. The number of hydrogen-bond acceptors (Lipinski definition) is 6. The Morgan fingerprint density at radius 1 is 0.226 bits per heavy atom. The first kappa shape index (κ1) is 39.0. The fourth-order valence-electron chi connectivity index (χ4n) is 7.04. The lowest BCUT2D eigenvalue weighted by Crippen LogP contribution is -2.00. The maximum absolute atomic E-state index is 5.28. The number of rotatable bonds is 12. The largest absolute Gasteiger partial charge is 0.257 e. The minimum Gasteiger partial charge on any atom is -0.257 e. The molecule has 62 heavy (non-hydrogen) atoms. The van der Waals surface area contributed by atoms with E-state index in [4.69, 9.17) is 9.97 Å². The first-order valence-corrected chi connectivity index (χ1v) is 20.4. The van der Waals surface area contributed by atoms with E-state index in [2.05, 4.69) is 92.7 Å². The van der Waals surface area contributed by atoms with Gasteiger partial charge >= 0.3 is 0 Å². The van der Waals surface area contributed by atoms with Gasteiger partial charge in [0.25, 0.3) is 0 Å². The fraction of sp³-hybridized carbons (Fsp3) is 0. The van der Waals surface area contributed by atoms with Crippen molar-refractivity contribution in [2.75, 3.05) is 0 Å². The molecule has 6 heteroatoms. The van der Waals surface area contributed by atoms with Crippen molar-refractivity contribution in [3.63, 3.8) is 0 Å². The van der Waals surface area contributed by atoms with Gasteiger partial charge in [-0.25, -0.2) is 9.97 Å². The molecule has 0 aliphatic carbocycles. The van der Waals surface area contributed by atoms with Crippen molar-refractivity contribution in [1.29, 1.82) is 0 Å². The lowest BCUT2D eigenvalue weighted by Gasteiger charge is -2.08. The summed E-state index contributed by atoms with van der Waals surface area (Å²) in [7, 11) is 0. The van der Waals surface area contributed by atoms with Crippen molar-refractivity contribution in [3.8, 4) is 44.5 Å². The van der Waals surface area contributed by atoms with Gasteiger partial charge in [-0.05, 0) is 142 Å². The van der Waals surface area contributed by atoms with E-state index in [0.29, 0.717) is 22.8 Å². The van der Waals surface area contributed by atoms with Crippen LogP contribution in [-0.2, 0) is 0 Å². The molecule has 5 heterocycles. The van der Waals surface area contributed by atoms with Crippen LogP contribution in [0.5, 0.6) is 0 Å². The second-order valence-electron chi connectivity index (χ2n) is 14.4. The van der Waals surface area contributed by atoms with Gasteiger partial charge in [-0.15, -0.1) is 0 Å². The van der Waals surface area contributed by atoms with E-state index in [9.17, 15) is 0 Å². The fourth-order valence-corrected chi connectivity index (χ4v) is 7.04. The molecular weight excluding hydrogens is 757 g/mol. The molecule has 0 aliphatic heterocycles. The average molecular weight is 797 g/mol. The van der Waals surface area contributed by atoms with E-state index in [1.165, 1.54) is 0 Å². The van der Waals surface area contributed by atoms with Crippen molar-refractivity contribution in [2.24, 2.45) is 0 Å². The van der Waals surface area contributed by atoms with Crippen LogP contribution in [0.25, 0.3) is 93.1 Å². The van der Waals surface area contributed by atoms with Crippen molar-refractivity contribution in [1.82, 2.24) is 29.9 Å². The zero-order chi connectivity index (χ0) is 41.8. The molecule has 9 aromatic rings. The summed E-state index contributed by atoms with van der Waals surface area (Å²) in [5.41, 5.74) is 14.7. The average Bonchev–Trinajstić information content (AvgIpc) is 3.35. The molecule has 0 spiro atoms. The molecule has 0 fully saturated rings. The molecule has 0 radical (unpaired) electrons. The maximum Gasteiger partial charge on any atom is 0.0895 e. The topological polar surface area (TPSA) is 77.3 Å². The smallest absolute Gasteiger partial charge is 0.0895 e. The number of aromatic nitrogens is 6. The molecule has 294 valence electrons. The third kappa shape index (κ3) is 9.85. The third-order valence-corrected chi connectivity index (χ3v) is 10.2. The van der Waals surface area contributed by atoms with Gasteiger partial charge in [-0.3, -0.25) is 19.9 Å². The van der Waals surface area contributed by atoms with Gasteiger partial charge in [0.1, 0.15) is 0 Å². The Bertz CT molecular complexity index is 2640. The normalized spacial score (nSPS) is 11.6. The van der Waals surface area contributed by atoms with E-state index in [0.717, 1.165) is 67.3 Å². The first-order chi connectivity index (χ1) is 30.7. The molecule has 0 saturated heterocycles. The van der Waals surface area contributed by atoms with Gasteiger partial charge in [0.05, 0.1) is 45.6 Å². The predicted molar refractivity (Wildman–Crippen MR) is 256 cm³/mol. The van der Waals surface area contributed by atoms with Crippen LogP contribution in [0, 0.1) is 0 Å². The van der Waals surface area contributed by atoms with Crippen molar-refractivity contribution in [2.45, 2.75) is 0 Å². The van der Waals surface area contributed by atoms with E-state index < -0.39 is 0 Å². The molecule has 0 amide bonds. The Balaban J connectivity index is 1.15.